The van der Waals surface area contributed by atoms with Crippen molar-refractivity contribution in [2.24, 2.45) is 0 Å². The van der Waals surface area contributed by atoms with E-state index in [1.807, 2.05) is 22.7 Å². The van der Waals surface area contributed by atoms with Crippen molar-refractivity contribution in [3.63, 3.8) is 0 Å². The third-order valence-corrected chi connectivity index (χ3v) is 4.13. The summed E-state index contributed by atoms with van der Waals surface area (Å²) in [4.78, 5) is 15.8. The molecule has 0 atom stereocenters. The van der Waals surface area contributed by atoms with Gasteiger partial charge in [0.15, 0.2) is 5.82 Å². The zero-order chi connectivity index (χ0) is 16.5. The van der Waals surface area contributed by atoms with Crippen LogP contribution < -0.4 is 5.32 Å². The van der Waals surface area contributed by atoms with Crippen LogP contribution in [0.25, 0.3) is 5.65 Å². The first-order valence-corrected chi connectivity index (χ1v) is 7.87. The molecule has 3 aromatic rings. The van der Waals surface area contributed by atoms with E-state index in [4.69, 9.17) is 4.74 Å². The smallest absolute Gasteiger partial charge is 0.337 e. The molecule has 0 saturated heterocycles. The first-order valence-electron chi connectivity index (χ1n) is 7.87. The van der Waals surface area contributed by atoms with Gasteiger partial charge in [-0.05, 0) is 30.5 Å². The molecule has 122 valence electrons. The zero-order valence-electron chi connectivity index (χ0n) is 13.3. The molecule has 0 amide bonds. The third kappa shape index (κ3) is 2.68. The maximum Gasteiger partial charge on any atom is 0.337 e. The lowest BCUT2D eigenvalue weighted by Gasteiger charge is -2.07. The molecule has 7 nitrogen and oxygen atoms in total. The maximum absolute atomic E-state index is 11.4. The monoisotopic (exact) mass is 323 g/mol. The third-order valence-electron chi connectivity index (χ3n) is 4.13. The Morgan fingerprint density at radius 2 is 2.08 bits per heavy atom. The Balaban J connectivity index is 1.51. The largest absolute Gasteiger partial charge is 0.465 e. The molecule has 2 aromatic heterocycles. The Kier molecular flexibility index (Phi) is 3.60. The number of hydrogen-bond acceptors (Lipinski definition) is 6. The number of methoxy groups -OCH3 is 1. The highest BCUT2D eigenvalue weighted by Crippen LogP contribution is 2.39. The Labute approximate surface area is 138 Å². The van der Waals surface area contributed by atoms with Crippen LogP contribution in [0, 0.1) is 0 Å². The van der Waals surface area contributed by atoms with E-state index in [2.05, 4.69) is 20.5 Å². The fourth-order valence-electron chi connectivity index (χ4n) is 2.65. The van der Waals surface area contributed by atoms with Gasteiger partial charge in [0, 0.05) is 24.9 Å². The fourth-order valence-corrected chi connectivity index (χ4v) is 2.65. The molecule has 1 N–H and O–H groups in total. The Hall–Kier alpha value is -2.96. The predicted octanol–water partition coefficient (Wildman–Crippen LogP) is 2.40. The number of nitrogens with zero attached hydrogens (tertiary/aromatic N) is 4. The van der Waals surface area contributed by atoms with Crippen LogP contribution in [0.15, 0.2) is 36.7 Å². The van der Waals surface area contributed by atoms with Gasteiger partial charge in [-0.3, -0.25) is 4.40 Å². The standard InChI is InChI=1S/C17H17N5O2/c1-24-17(23)13-4-2-11(3-5-13)10-19-14-16-21-20-15(12-6-7-12)22(16)9-8-18-14/h2-5,8-9,12H,6-7,10H2,1H3,(H,18,19). The Bertz CT molecular complexity index is 884. The van der Waals surface area contributed by atoms with E-state index < -0.39 is 0 Å². The number of anilines is 1. The maximum atomic E-state index is 11.4. The van der Waals surface area contributed by atoms with Crippen molar-refractivity contribution >= 4 is 17.4 Å². The van der Waals surface area contributed by atoms with Crippen molar-refractivity contribution in [2.75, 3.05) is 12.4 Å². The second-order valence-electron chi connectivity index (χ2n) is 5.84. The van der Waals surface area contributed by atoms with Gasteiger partial charge in [0.1, 0.15) is 5.82 Å². The second kappa shape index (κ2) is 5.92. The van der Waals surface area contributed by atoms with Crippen molar-refractivity contribution < 1.29 is 9.53 Å². The van der Waals surface area contributed by atoms with Crippen LogP contribution in [-0.2, 0) is 11.3 Å². The van der Waals surface area contributed by atoms with Crippen molar-refractivity contribution in [2.45, 2.75) is 25.3 Å². The van der Waals surface area contributed by atoms with Crippen LogP contribution in [0.4, 0.5) is 5.82 Å². The first-order chi connectivity index (χ1) is 11.8. The summed E-state index contributed by atoms with van der Waals surface area (Å²) in [6, 6.07) is 7.27. The summed E-state index contributed by atoms with van der Waals surface area (Å²) in [5, 5.41) is 11.9. The normalized spacial score (nSPS) is 13.9. The van der Waals surface area contributed by atoms with Crippen LogP contribution in [0.3, 0.4) is 0 Å². The van der Waals surface area contributed by atoms with Gasteiger partial charge in [-0.15, -0.1) is 10.2 Å². The lowest BCUT2D eigenvalue weighted by Crippen LogP contribution is -2.05. The summed E-state index contributed by atoms with van der Waals surface area (Å²) in [5.74, 6) is 1.91. The Morgan fingerprint density at radius 1 is 1.29 bits per heavy atom. The molecule has 0 unspecified atom stereocenters. The highest BCUT2D eigenvalue weighted by atomic mass is 16.5. The number of esters is 1. The number of nitrogens with one attached hydrogen (secondary N) is 1. The van der Waals surface area contributed by atoms with Gasteiger partial charge in [0.05, 0.1) is 12.7 Å². The summed E-state index contributed by atoms with van der Waals surface area (Å²) in [7, 11) is 1.37. The molecule has 1 fully saturated rings. The summed E-state index contributed by atoms with van der Waals surface area (Å²) in [6.45, 7) is 0.583. The van der Waals surface area contributed by atoms with Crippen LogP contribution in [0.5, 0.6) is 0 Å². The molecule has 2 heterocycles. The van der Waals surface area contributed by atoms with E-state index >= 15 is 0 Å². The van der Waals surface area contributed by atoms with Crippen LogP contribution >= 0.6 is 0 Å². The van der Waals surface area contributed by atoms with E-state index in [0.29, 0.717) is 23.8 Å². The van der Waals surface area contributed by atoms with Crippen LogP contribution in [-0.4, -0.2) is 32.7 Å². The van der Waals surface area contributed by atoms with E-state index in [1.54, 1.807) is 18.3 Å². The molecule has 4 rings (SSSR count). The second-order valence-corrected chi connectivity index (χ2v) is 5.84. The number of carbonyl (C=O) groups excluding carboxylic acids is 1. The molecule has 0 spiro atoms. The summed E-state index contributed by atoms with van der Waals surface area (Å²) >= 11 is 0. The number of carbonyl (C=O) groups is 1. The molecule has 1 saturated carbocycles. The summed E-state index contributed by atoms with van der Waals surface area (Å²) < 4.78 is 6.71. The highest BCUT2D eigenvalue weighted by molar-refractivity contribution is 5.89. The van der Waals surface area contributed by atoms with E-state index in [-0.39, 0.29) is 5.97 Å². The van der Waals surface area contributed by atoms with Crippen molar-refractivity contribution in [3.05, 3.63) is 53.6 Å². The van der Waals surface area contributed by atoms with Gasteiger partial charge in [0.2, 0.25) is 5.65 Å². The minimum atomic E-state index is -0.336. The molecular formula is C17H17N5O2. The number of fused-ring (bicyclic) bond motifs is 1. The lowest BCUT2D eigenvalue weighted by atomic mass is 10.1. The highest BCUT2D eigenvalue weighted by Gasteiger charge is 2.29. The van der Waals surface area contributed by atoms with Crippen molar-refractivity contribution in [1.29, 1.82) is 0 Å². The zero-order valence-corrected chi connectivity index (χ0v) is 13.3. The SMILES string of the molecule is COC(=O)c1ccc(CNc2nccn3c(C4CC4)nnc23)cc1. The lowest BCUT2D eigenvalue weighted by molar-refractivity contribution is 0.0600. The predicted molar refractivity (Wildman–Crippen MR) is 87.9 cm³/mol. The molecule has 24 heavy (non-hydrogen) atoms. The van der Waals surface area contributed by atoms with Gasteiger partial charge in [0.25, 0.3) is 0 Å². The summed E-state index contributed by atoms with van der Waals surface area (Å²) in [5.41, 5.74) is 2.31. The fraction of sp³-hybridized carbons (Fsp3) is 0.294. The quantitative estimate of drug-likeness (QED) is 0.726. The molecule has 1 aliphatic carbocycles. The van der Waals surface area contributed by atoms with E-state index in [0.717, 1.165) is 17.0 Å². The van der Waals surface area contributed by atoms with E-state index in [9.17, 15) is 4.79 Å². The topological polar surface area (TPSA) is 81.4 Å². The number of benzene rings is 1. The molecule has 0 radical (unpaired) electrons. The number of ether oxygens (including phenoxy) is 1. The van der Waals surface area contributed by atoms with Gasteiger partial charge in [-0.1, -0.05) is 12.1 Å². The first kappa shape index (κ1) is 14.6. The minimum Gasteiger partial charge on any atom is -0.465 e. The number of hydrogen-bond donors (Lipinski definition) is 1. The number of aromatic nitrogens is 4. The molecule has 0 aliphatic heterocycles. The van der Waals surface area contributed by atoms with Gasteiger partial charge < -0.3 is 10.1 Å². The summed E-state index contributed by atoms with van der Waals surface area (Å²) in [6.07, 6.45) is 6.01. The van der Waals surface area contributed by atoms with Gasteiger partial charge in [-0.25, -0.2) is 9.78 Å². The van der Waals surface area contributed by atoms with Gasteiger partial charge >= 0.3 is 5.97 Å². The van der Waals surface area contributed by atoms with Gasteiger partial charge in [-0.2, -0.15) is 0 Å². The van der Waals surface area contributed by atoms with E-state index in [1.165, 1.54) is 20.0 Å². The molecular weight excluding hydrogens is 306 g/mol. The Morgan fingerprint density at radius 3 is 2.79 bits per heavy atom. The average molecular weight is 323 g/mol. The molecule has 0 bridgehead atoms. The molecule has 1 aliphatic rings. The average Bonchev–Trinajstić information content (AvgIpc) is 3.38. The minimum absolute atomic E-state index is 0.336. The van der Waals surface area contributed by atoms with Crippen molar-refractivity contribution in [1.82, 2.24) is 19.6 Å². The molecule has 7 heteroatoms. The number of rotatable bonds is 5. The van der Waals surface area contributed by atoms with Crippen LogP contribution in [0.1, 0.15) is 40.5 Å². The van der Waals surface area contributed by atoms with Crippen LogP contribution in [0.2, 0.25) is 0 Å². The van der Waals surface area contributed by atoms with Crippen molar-refractivity contribution in [3.8, 4) is 0 Å². The molecule has 1 aromatic carbocycles.